The summed E-state index contributed by atoms with van der Waals surface area (Å²) in [6.07, 6.45) is 9.11. The van der Waals surface area contributed by atoms with Crippen LogP contribution in [0.2, 0.25) is 0 Å². The molecule has 2 heterocycles. The van der Waals surface area contributed by atoms with Crippen LogP contribution in [-0.4, -0.2) is 4.98 Å². The Labute approximate surface area is 151 Å². The predicted molar refractivity (Wildman–Crippen MR) is 104 cm³/mol. The van der Waals surface area contributed by atoms with E-state index in [9.17, 15) is 4.79 Å². The normalized spacial score (nSPS) is 10.6. The minimum atomic E-state index is -0.405. The number of hydrogen-bond donors (Lipinski definition) is 0. The lowest BCUT2D eigenvalue weighted by atomic mass is 9.91. The van der Waals surface area contributed by atoms with Crippen LogP contribution in [0.3, 0.4) is 0 Å². The van der Waals surface area contributed by atoms with E-state index < -0.39 is 5.63 Å². The summed E-state index contributed by atoms with van der Waals surface area (Å²) >= 11 is 0. The summed E-state index contributed by atoms with van der Waals surface area (Å²) in [4.78, 5) is 17.0. The number of hydrogen-bond acceptors (Lipinski definition) is 3. The molecule has 4 rings (SSSR count). The number of benzene rings is 2. The van der Waals surface area contributed by atoms with E-state index in [1.54, 1.807) is 18.5 Å². The molecule has 2 aromatic heterocycles. The van der Waals surface area contributed by atoms with Gasteiger partial charge in [-0.15, -0.1) is 6.42 Å². The van der Waals surface area contributed by atoms with E-state index >= 15 is 0 Å². The number of aromatic nitrogens is 1. The van der Waals surface area contributed by atoms with Gasteiger partial charge in [-0.25, -0.2) is 4.79 Å². The minimum Gasteiger partial charge on any atom is -0.422 e. The van der Waals surface area contributed by atoms with E-state index in [0.717, 1.165) is 22.1 Å². The average molecular weight is 337 g/mol. The van der Waals surface area contributed by atoms with Gasteiger partial charge in [0.25, 0.3) is 0 Å². The van der Waals surface area contributed by atoms with Crippen molar-refractivity contribution in [3.63, 3.8) is 0 Å². The summed E-state index contributed by atoms with van der Waals surface area (Å²) in [6.45, 7) is 1.93. The molecule has 0 spiro atoms. The number of terminal acetylenes is 1. The maximum atomic E-state index is 12.9. The van der Waals surface area contributed by atoms with Gasteiger partial charge in [0.1, 0.15) is 5.58 Å². The zero-order valence-corrected chi connectivity index (χ0v) is 14.2. The second-order valence-electron chi connectivity index (χ2n) is 6.08. The van der Waals surface area contributed by atoms with Crippen LogP contribution in [0.25, 0.3) is 33.2 Å². The number of aryl methyl sites for hydroxylation is 1. The highest BCUT2D eigenvalue weighted by molar-refractivity contribution is 6.04. The minimum absolute atomic E-state index is 0.405. The fraction of sp³-hybridized carbons (Fsp3) is 0.0435. The number of rotatable bonds is 2. The van der Waals surface area contributed by atoms with E-state index in [1.807, 2.05) is 55.5 Å². The summed E-state index contributed by atoms with van der Waals surface area (Å²) < 4.78 is 5.65. The first-order valence-corrected chi connectivity index (χ1v) is 8.23. The lowest BCUT2D eigenvalue weighted by Gasteiger charge is -2.14. The fourth-order valence-electron chi connectivity index (χ4n) is 3.25. The van der Waals surface area contributed by atoms with Crippen LogP contribution in [0, 0.1) is 19.3 Å². The number of pyridine rings is 1. The van der Waals surface area contributed by atoms with E-state index in [2.05, 4.69) is 10.9 Å². The highest BCUT2D eigenvalue weighted by Crippen LogP contribution is 2.37. The smallest absolute Gasteiger partial charge is 0.344 e. The largest absolute Gasteiger partial charge is 0.422 e. The van der Waals surface area contributed by atoms with Gasteiger partial charge in [-0.3, -0.25) is 4.98 Å². The van der Waals surface area contributed by atoms with Gasteiger partial charge in [0.15, 0.2) is 0 Å². The van der Waals surface area contributed by atoms with Crippen LogP contribution < -0.4 is 5.63 Å². The summed E-state index contributed by atoms with van der Waals surface area (Å²) in [5.41, 5.74) is 4.59. The van der Waals surface area contributed by atoms with Gasteiger partial charge in [0, 0.05) is 34.5 Å². The first-order valence-electron chi connectivity index (χ1n) is 8.23. The second-order valence-corrected chi connectivity index (χ2v) is 6.08. The van der Waals surface area contributed by atoms with E-state index in [4.69, 9.17) is 10.8 Å². The van der Waals surface area contributed by atoms with Gasteiger partial charge in [0.2, 0.25) is 0 Å². The monoisotopic (exact) mass is 337 g/mol. The molecule has 0 bridgehead atoms. The van der Waals surface area contributed by atoms with Gasteiger partial charge < -0.3 is 4.42 Å². The summed E-state index contributed by atoms with van der Waals surface area (Å²) in [5.74, 6) is 2.74. The van der Waals surface area contributed by atoms with Crippen molar-refractivity contribution in [3.8, 4) is 34.6 Å². The average Bonchev–Trinajstić information content (AvgIpc) is 2.67. The summed E-state index contributed by atoms with van der Waals surface area (Å²) in [7, 11) is 0. The van der Waals surface area contributed by atoms with Crippen LogP contribution >= 0.6 is 0 Å². The fourth-order valence-corrected chi connectivity index (χ4v) is 3.25. The Kier molecular flexibility index (Phi) is 3.87. The van der Waals surface area contributed by atoms with Crippen molar-refractivity contribution in [1.29, 1.82) is 0 Å². The standard InChI is InChI=1S/C23H15NO2/c1-3-16-12-15(2)13-19-20(16)21(17-8-5-4-6-9-17)22(23(25)26-19)18-10-7-11-24-14-18/h1,4-14H,2H3. The molecule has 0 aliphatic rings. The summed E-state index contributed by atoms with van der Waals surface area (Å²) in [6, 6.07) is 17.2. The number of fused-ring (bicyclic) bond motifs is 1. The van der Waals surface area contributed by atoms with Crippen molar-refractivity contribution < 1.29 is 4.42 Å². The molecule has 0 unspecified atom stereocenters. The predicted octanol–water partition coefficient (Wildman–Crippen LogP) is 4.81. The molecule has 0 aliphatic heterocycles. The highest BCUT2D eigenvalue weighted by Gasteiger charge is 2.20. The molecule has 0 N–H and O–H groups in total. The molecule has 0 amide bonds. The van der Waals surface area contributed by atoms with Crippen LogP contribution in [0.4, 0.5) is 0 Å². The van der Waals surface area contributed by atoms with Gasteiger partial charge in [-0.2, -0.15) is 0 Å². The van der Waals surface area contributed by atoms with Crippen LogP contribution in [0.5, 0.6) is 0 Å². The molecule has 0 saturated heterocycles. The van der Waals surface area contributed by atoms with Gasteiger partial charge in [-0.1, -0.05) is 42.3 Å². The third-order valence-electron chi connectivity index (χ3n) is 4.32. The first-order chi connectivity index (χ1) is 12.7. The maximum Gasteiger partial charge on any atom is 0.344 e. The lowest BCUT2D eigenvalue weighted by molar-refractivity contribution is 0.563. The van der Waals surface area contributed by atoms with Crippen molar-refractivity contribution in [2.45, 2.75) is 6.92 Å². The van der Waals surface area contributed by atoms with Crippen LogP contribution in [0.1, 0.15) is 11.1 Å². The van der Waals surface area contributed by atoms with Crippen molar-refractivity contribution in [1.82, 2.24) is 4.98 Å². The molecule has 3 heteroatoms. The molecule has 3 nitrogen and oxygen atoms in total. The van der Waals surface area contributed by atoms with Crippen LogP contribution in [0.15, 0.2) is 76.2 Å². The molecule has 0 fully saturated rings. The molecular weight excluding hydrogens is 322 g/mol. The first kappa shape index (κ1) is 15.9. The molecule has 0 aliphatic carbocycles. The molecule has 2 aromatic carbocycles. The van der Waals surface area contributed by atoms with Crippen molar-refractivity contribution in [2.75, 3.05) is 0 Å². The SMILES string of the molecule is C#Cc1cc(C)cc2oc(=O)c(-c3cccnc3)c(-c3ccccc3)c12. The Bertz CT molecular complexity index is 1200. The van der Waals surface area contributed by atoms with E-state index in [0.29, 0.717) is 22.3 Å². The Morgan fingerprint density at radius 1 is 1.00 bits per heavy atom. The zero-order valence-electron chi connectivity index (χ0n) is 14.2. The molecular formula is C23H15NO2. The van der Waals surface area contributed by atoms with Crippen molar-refractivity contribution in [3.05, 3.63) is 88.5 Å². The summed E-state index contributed by atoms with van der Waals surface area (Å²) in [5, 5.41) is 0.766. The third-order valence-corrected chi connectivity index (χ3v) is 4.32. The molecule has 0 saturated carbocycles. The Balaban J connectivity index is 2.25. The quantitative estimate of drug-likeness (QED) is 0.389. The van der Waals surface area contributed by atoms with Gasteiger partial charge in [-0.05, 0) is 36.2 Å². The Morgan fingerprint density at radius 2 is 1.77 bits per heavy atom. The highest BCUT2D eigenvalue weighted by atomic mass is 16.4. The molecule has 4 aromatic rings. The second kappa shape index (κ2) is 6.34. The molecule has 0 radical (unpaired) electrons. The van der Waals surface area contributed by atoms with Crippen molar-refractivity contribution in [2.24, 2.45) is 0 Å². The zero-order chi connectivity index (χ0) is 18.1. The molecule has 26 heavy (non-hydrogen) atoms. The molecule has 0 atom stereocenters. The maximum absolute atomic E-state index is 12.9. The molecule has 124 valence electrons. The third kappa shape index (κ3) is 2.58. The number of nitrogens with zero attached hydrogens (tertiary/aromatic N) is 1. The van der Waals surface area contributed by atoms with Gasteiger partial charge >= 0.3 is 5.63 Å². The van der Waals surface area contributed by atoms with Crippen molar-refractivity contribution >= 4 is 11.0 Å². The van der Waals surface area contributed by atoms with Gasteiger partial charge in [0.05, 0.1) is 5.56 Å². The van der Waals surface area contributed by atoms with Crippen LogP contribution in [-0.2, 0) is 0 Å². The Morgan fingerprint density at radius 3 is 2.46 bits per heavy atom. The Hall–Kier alpha value is -3.64. The topological polar surface area (TPSA) is 43.1 Å². The van der Waals surface area contributed by atoms with E-state index in [1.165, 1.54) is 0 Å². The van der Waals surface area contributed by atoms with E-state index in [-0.39, 0.29) is 0 Å². The lowest BCUT2D eigenvalue weighted by Crippen LogP contribution is -2.07.